The minimum absolute atomic E-state index is 0.0562. The van der Waals surface area contributed by atoms with Crippen molar-refractivity contribution in [1.82, 2.24) is 14.7 Å². The Morgan fingerprint density at radius 3 is 2.65 bits per heavy atom. The zero-order valence-corrected chi connectivity index (χ0v) is 17.0. The Kier molecular flexibility index (Phi) is 5.79. The summed E-state index contributed by atoms with van der Waals surface area (Å²) >= 11 is 0. The van der Waals surface area contributed by atoms with Crippen molar-refractivity contribution in [2.24, 2.45) is 13.0 Å². The number of hydrogen-bond acceptors (Lipinski definition) is 3. The van der Waals surface area contributed by atoms with Crippen molar-refractivity contribution >= 4 is 17.5 Å². The van der Waals surface area contributed by atoms with E-state index in [-0.39, 0.29) is 41.1 Å². The summed E-state index contributed by atoms with van der Waals surface area (Å²) in [5.41, 5.74) is 1.14. The number of carbonyl (C=O) groups is 2. The molecule has 2 heterocycles. The van der Waals surface area contributed by atoms with Gasteiger partial charge in [-0.3, -0.25) is 14.3 Å². The third-order valence-electron chi connectivity index (χ3n) is 5.37. The molecule has 1 N–H and O–H groups in total. The molecule has 1 saturated heterocycles. The predicted molar refractivity (Wildman–Crippen MR) is 112 cm³/mol. The van der Waals surface area contributed by atoms with Crippen molar-refractivity contribution in [3.63, 3.8) is 0 Å². The second kappa shape index (κ2) is 8.67. The summed E-state index contributed by atoms with van der Waals surface area (Å²) in [7, 11) is 1.63. The van der Waals surface area contributed by atoms with Crippen LogP contribution >= 0.6 is 0 Å². The summed E-state index contributed by atoms with van der Waals surface area (Å²) in [6.45, 7) is 0.756. The average Bonchev–Trinajstić information content (AvgIpc) is 3.15. The van der Waals surface area contributed by atoms with Crippen molar-refractivity contribution in [2.75, 3.05) is 18.4 Å². The Morgan fingerprint density at radius 1 is 1.13 bits per heavy atom. The number of amides is 2. The molecule has 6 nitrogen and oxygen atoms in total. The van der Waals surface area contributed by atoms with Crippen LogP contribution in [0, 0.1) is 17.6 Å². The highest BCUT2D eigenvalue weighted by Gasteiger charge is 2.31. The number of nitrogens with one attached hydrogen (secondary N) is 1. The molecule has 1 aliphatic rings. The van der Waals surface area contributed by atoms with E-state index >= 15 is 0 Å². The first-order chi connectivity index (χ1) is 14.9. The van der Waals surface area contributed by atoms with Gasteiger partial charge in [-0.15, -0.1) is 0 Å². The molecule has 0 aliphatic carbocycles. The standard InChI is InChI=1S/C23H22F2N4O2/c1-28-14-19(21(27-28)18-10-9-16(24)12-20(18)25)23(31)29-11-5-6-15(13-29)22(30)26-17-7-3-2-4-8-17/h2-4,7-10,12,14-15H,5-6,11,13H2,1H3,(H,26,30). The van der Waals surface area contributed by atoms with E-state index in [0.717, 1.165) is 12.1 Å². The number of likely N-dealkylation sites (tertiary alicyclic amines) is 1. The topological polar surface area (TPSA) is 67.2 Å². The summed E-state index contributed by atoms with van der Waals surface area (Å²) in [6.07, 6.45) is 2.88. The molecule has 0 spiro atoms. The van der Waals surface area contributed by atoms with E-state index in [2.05, 4.69) is 10.4 Å². The number of carbonyl (C=O) groups excluding carboxylic acids is 2. The molecular weight excluding hydrogens is 402 g/mol. The van der Waals surface area contributed by atoms with Gasteiger partial charge in [0, 0.05) is 43.7 Å². The van der Waals surface area contributed by atoms with E-state index in [1.165, 1.54) is 16.9 Å². The minimum Gasteiger partial charge on any atom is -0.338 e. The highest BCUT2D eigenvalue weighted by atomic mass is 19.1. The van der Waals surface area contributed by atoms with E-state index < -0.39 is 11.6 Å². The Hall–Kier alpha value is -3.55. The monoisotopic (exact) mass is 424 g/mol. The summed E-state index contributed by atoms with van der Waals surface area (Å²) < 4.78 is 29.1. The van der Waals surface area contributed by atoms with Gasteiger partial charge in [-0.25, -0.2) is 8.78 Å². The van der Waals surface area contributed by atoms with Gasteiger partial charge in [-0.05, 0) is 37.1 Å². The molecule has 0 saturated carbocycles. The van der Waals surface area contributed by atoms with Crippen LogP contribution in [0.25, 0.3) is 11.3 Å². The zero-order valence-electron chi connectivity index (χ0n) is 17.0. The number of hydrogen-bond donors (Lipinski definition) is 1. The number of aryl methyl sites for hydroxylation is 1. The van der Waals surface area contributed by atoms with Crippen LogP contribution in [0.5, 0.6) is 0 Å². The fraction of sp³-hybridized carbons (Fsp3) is 0.261. The van der Waals surface area contributed by atoms with Crippen LogP contribution in [0.15, 0.2) is 54.7 Å². The van der Waals surface area contributed by atoms with Crippen LogP contribution in [-0.2, 0) is 11.8 Å². The van der Waals surface area contributed by atoms with Crippen molar-refractivity contribution in [3.8, 4) is 11.3 Å². The fourth-order valence-electron chi connectivity index (χ4n) is 3.84. The highest BCUT2D eigenvalue weighted by molar-refractivity contribution is 6.00. The molecule has 1 aromatic heterocycles. The van der Waals surface area contributed by atoms with Crippen LogP contribution in [0.4, 0.5) is 14.5 Å². The molecule has 1 fully saturated rings. The van der Waals surface area contributed by atoms with E-state index in [1.807, 2.05) is 30.3 Å². The van der Waals surface area contributed by atoms with Gasteiger partial charge >= 0.3 is 0 Å². The molecule has 2 amide bonds. The van der Waals surface area contributed by atoms with Crippen LogP contribution in [0.3, 0.4) is 0 Å². The number of nitrogens with zero attached hydrogens (tertiary/aromatic N) is 3. The normalized spacial score (nSPS) is 16.2. The molecule has 1 aliphatic heterocycles. The maximum absolute atomic E-state index is 14.3. The zero-order chi connectivity index (χ0) is 22.0. The lowest BCUT2D eigenvalue weighted by Crippen LogP contribution is -2.43. The first-order valence-electron chi connectivity index (χ1n) is 10.1. The third kappa shape index (κ3) is 4.47. The van der Waals surface area contributed by atoms with Crippen molar-refractivity contribution < 1.29 is 18.4 Å². The molecule has 1 unspecified atom stereocenters. The maximum Gasteiger partial charge on any atom is 0.257 e. The predicted octanol–water partition coefficient (Wildman–Crippen LogP) is 3.86. The van der Waals surface area contributed by atoms with Gasteiger partial charge in [0.25, 0.3) is 5.91 Å². The number of benzene rings is 2. The average molecular weight is 424 g/mol. The quantitative estimate of drug-likeness (QED) is 0.692. The van der Waals surface area contributed by atoms with Crippen LogP contribution in [-0.4, -0.2) is 39.6 Å². The fourth-order valence-corrected chi connectivity index (χ4v) is 3.84. The lowest BCUT2D eigenvalue weighted by molar-refractivity contribution is -0.121. The van der Waals surface area contributed by atoms with E-state index in [9.17, 15) is 18.4 Å². The largest absolute Gasteiger partial charge is 0.338 e. The summed E-state index contributed by atoms with van der Waals surface area (Å²) in [6, 6.07) is 12.3. The number of anilines is 1. The summed E-state index contributed by atoms with van der Waals surface area (Å²) in [5.74, 6) is -2.30. The van der Waals surface area contributed by atoms with Gasteiger partial charge in [0.2, 0.25) is 5.91 Å². The van der Waals surface area contributed by atoms with E-state index in [1.54, 1.807) is 11.9 Å². The van der Waals surface area contributed by atoms with Crippen LogP contribution in [0.2, 0.25) is 0 Å². The first kappa shape index (κ1) is 20.7. The number of piperidine rings is 1. The molecule has 2 aromatic carbocycles. The highest BCUT2D eigenvalue weighted by Crippen LogP contribution is 2.28. The Labute approximate surface area is 178 Å². The lowest BCUT2D eigenvalue weighted by Gasteiger charge is -2.32. The van der Waals surface area contributed by atoms with Gasteiger partial charge in [0.1, 0.15) is 17.3 Å². The van der Waals surface area contributed by atoms with Gasteiger partial charge in [0.05, 0.1) is 11.5 Å². The van der Waals surface area contributed by atoms with Crippen LogP contribution < -0.4 is 5.32 Å². The van der Waals surface area contributed by atoms with Crippen molar-refractivity contribution in [1.29, 1.82) is 0 Å². The Morgan fingerprint density at radius 2 is 1.90 bits per heavy atom. The Balaban J connectivity index is 1.54. The van der Waals surface area contributed by atoms with Gasteiger partial charge in [0.15, 0.2) is 0 Å². The molecule has 31 heavy (non-hydrogen) atoms. The van der Waals surface area contributed by atoms with Gasteiger partial charge in [-0.1, -0.05) is 18.2 Å². The lowest BCUT2D eigenvalue weighted by atomic mass is 9.96. The molecule has 1 atom stereocenters. The molecule has 0 radical (unpaired) electrons. The number of rotatable bonds is 4. The number of para-hydroxylation sites is 1. The van der Waals surface area contributed by atoms with E-state index in [4.69, 9.17) is 0 Å². The maximum atomic E-state index is 14.3. The summed E-state index contributed by atoms with van der Waals surface area (Å²) in [4.78, 5) is 27.5. The van der Waals surface area contributed by atoms with Gasteiger partial charge < -0.3 is 10.2 Å². The molecular formula is C23H22F2N4O2. The molecule has 3 aromatic rings. The third-order valence-corrected chi connectivity index (χ3v) is 5.37. The molecule has 8 heteroatoms. The number of aromatic nitrogens is 2. The first-order valence-corrected chi connectivity index (χ1v) is 10.1. The van der Waals surface area contributed by atoms with Gasteiger partial charge in [-0.2, -0.15) is 5.10 Å². The second-order valence-corrected chi connectivity index (χ2v) is 7.63. The van der Waals surface area contributed by atoms with Crippen molar-refractivity contribution in [3.05, 3.63) is 71.9 Å². The molecule has 4 rings (SSSR count). The van der Waals surface area contributed by atoms with Crippen molar-refractivity contribution in [2.45, 2.75) is 12.8 Å². The minimum atomic E-state index is -0.786. The second-order valence-electron chi connectivity index (χ2n) is 7.63. The SMILES string of the molecule is Cn1cc(C(=O)N2CCCC(C(=O)Nc3ccccc3)C2)c(-c2ccc(F)cc2F)n1. The smallest absolute Gasteiger partial charge is 0.257 e. The number of halogens is 2. The molecule has 0 bridgehead atoms. The Bertz CT molecular complexity index is 1110. The van der Waals surface area contributed by atoms with E-state index in [0.29, 0.717) is 25.1 Å². The summed E-state index contributed by atoms with van der Waals surface area (Å²) in [5, 5.41) is 7.11. The molecule has 160 valence electrons. The van der Waals surface area contributed by atoms with Crippen LogP contribution in [0.1, 0.15) is 23.2 Å².